The van der Waals surface area contributed by atoms with Crippen molar-refractivity contribution in [2.24, 2.45) is 0 Å². The summed E-state index contributed by atoms with van der Waals surface area (Å²) in [7, 11) is 0. The lowest BCUT2D eigenvalue weighted by molar-refractivity contribution is -0.236. The lowest BCUT2D eigenvalue weighted by Gasteiger charge is -2.15. The molecule has 1 rings (SSSR count). The van der Waals surface area contributed by atoms with Crippen molar-refractivity contribution < 1.29 is 17.9 Å². The number of hydrogen-bond acceptors (Lipinski definition) is 2. The van der Waals surface area contributed by atoms with E-state index in [-0.39, 0.29) is 4.90 Å². The smallest absolute Gasteiger partial charge is 0.467 e. The zero-order valence-electron chi connectivity index (χ0n) is 4.27. The molecule has 0 aromatic rings. The van der Waals surface area contributed by atoms with Gasteiger partial charge in [-0.2, -0.15) is 0 Å². The summed E-state index contributed by atoms with van der Waals surface area (Å²) in [6, 6.07) is 0. The van der Waals surface area contributed by atoms with Gasteiger partial charge in [0.05, 0.1) is 6.20 Å². The zero-order chi connectivity index (χ0) is 6.91. The molecule has 0 aliphatic carbocycles. The van der Waals surface area contributed by atoms with E-state index in [0.717, 1.165) is 6.20 Å². The fourth-order valence-corrected chi connectivity index (χ4v) is 0.391. The molecule has 1 aliphatic rings. The van der Waals surface area contributed by atoms with Gasteiger partial charge in [0.2, 0.25) is 0 Å². The molecule has 0 fully saturated rings. The Morgan fingerprint density at radius 1 is 1.56 bits per heavy atom. The van der Waals surface area contributed by atoms with Crippen LogP contribution in [0.1, 0.15) is 0 Å². The Kier molecular flexibility index (Phi) is 1.27. The largest absolute Gasteiger partial charge is 0.487 e. The molecule has 0 atom stereocenters. The second kappa shape index (κ2) is 1.82. The summed E-state index contributed by atoms with van der Waals surface area (Å²) < 4.78 is 38.8. The van der Waals surface area contributed by atoms with E-state index in [1.54, 1.807) is 0 Å². The molecule has 1 aliphatic heterocycles. The summed E-state index contributed by atoms with van der Waals surface area (Å²) >= 11 is 0. The van der Waals surface area contributed by atoms with Gasteiger partial charge in [0.1, 0.15) is 0 Å². The topological polar surface area (TPSA) is 12.5 Å². The van der Waals surface area contributed by atoms with Crippen LogP contribution in [0.3, 0.4) is 0 Å². The van der Waals surface area contributed by atoms with Crippen molar-refractivity contribution in [2.75, 3.05) is 6.73 Å². The van der Waals surface area contributed by atoms with Gasteiger partial charge < -0.3 is 4.74 Å². The van der Waals surface area contributed by atoms with Gasteiger partial charge in [0.25, 0.3) is 0 Å². The van der Waals surface area contributed by atoms with E-state index in [1.165, 1.54) is 0 Å². The first-order valence-electron chi connectivity index (χ1n) is 2.15. The number of ether oxygens (including phenoxy) is 1. The first-order chi connectivity index (χ1) is 4.11. The van der Waals surface area contributed by atoms with Crippen molar-refractivity contribution in [3.8, 4) is 0 Å². The molecule has 0 aromatic carbocycles. The first kappa shape index (κ1) is 6.25. The molecule has 0 saturated carbocycles. The molecule has 0 saturated heterocycles. The van der Waals surface area contributed by atoms with Gasteiger partial charge in [-0.1, -0.05) is 0 Å². The van der Waals surface area contributed by atoms with Gasteiger partial charge in [0, 0.05) is 0 Å². The lowest BCUT2D eigenvalue weighted by Crippen LogP contribution is -2.31. The van der Waals surface area contributed by atoms with Crippen LogP contribution < -0.4 is 0 Å². The van der Waals surface area contributed by atoms with Crippen LogP contribution in [-0.2, 0) is 4.74 Å². The molecule has 0 unspecified atom stereocenters. The number of nitrogens with zero attached hydrogens (tertiary/aromatic N) is 1. The van der Waals surface area contributed by atoms with E-state index in [1.807, 2.05) is 6.26 Å². The van der Waals surface area contributed by atoms with Gasteiger partial charge in [-0.05, 0) is 0 Å². The maximum atomic E-state index is 11.5. The fraction of sp³-hybridized carbons (Fsp3) is 0.500. The van der Waals surface area contributed by atoms with E-state index in [4.69, 9.17) is 0 Å². The van der Waals surface area contributed by atoms with Crippen LogP contribution in [0.15, 0.2) is 6.20 Å². The lowest BCUT2D eigenvalue weighted by atomic mass is 10.8. The van der Waals surface area contributed by atoms with Crippen LogP contribution in [0.25, 0.3) is 0 Å². The normalized spacial score (nSPS) is 18.3. The maximum absolute atomic E-state index is 11.5. The van der Waals surface area contributed by atoms with E-state index in [2.05, 4.69) is 4.74 Å². The molecule has 0 spiro atoms. The fourth-order valence-electron chi connectivity index (χ4n) is 0.391. The minimum absolute atomic E-state index is 0.0903. The molecule has 51 valence electrons. The summed E-state index contributed by atoms with van der Waals surface area (Å²) in [5.41, 5.74) is 0. The zero-order valence-corrected chi connectivity index (χ0v) is 4.27. The monoisotopic (exact) mass is 138 g/mol. The van der Waals surface area contributed by atoms with Crippen molar-refractivity contribution in [1.29, 1.82) is 0 Å². The molecule has 0 bridgehead atoms. The van der Waals surface area contributed by atoms with E-state index < -0.39 is 13.0 Å². The minimum Gasteiger partial charge on any atom is -0.467 e. The molecule has 0 N–H and O–H groups in total. The summed E-state index contributed by atoms with van der Waals surface area (Å²) in [6.07, 6.45) is -1.65. The van der Waals surface area contributed by atoms with Crippen LogP contribution in [0.4, 0.5) is 13.2 Å². The quantitative estimate of drug-likeness (QED) is 0.464. The Bertz CT molecular complexity index is 130. The van der Waals surface area contributed by atoms with Gasteiger partial charge in [-0.25, -0.2) is 0 Å². The summed E-state index contributed by atoms with van der Waals surface area (Å²) in [6.45, 7) is -0.483. The third-order valence-corrected chi connectivity index (χ3v) is 0.821. The van der Waals surface area contributed by atoms with Gasteiger partial charge in [0.15, 0.2) is 13.0 Å². The van der Waals surface area contributed by atoms with Crippen LogP contribution in [-0.4, -0.2) is 17.9 Å². The molecule has 1 heterocycles. The molecule has 5 heteroatoms. The molecular formula is C4H3F3NO. The highest BCUT2D eigenvalue weighted by molar-refractivity contribution is 4.75. The van der Waals surface area contributed by atoms with E-state index in [9.17, 15) is 13.2 Å². The van der Waals surface area contributed by atoms with Crippen LogP contribution in [0.5, 0.6) is 0 Å². The maximum Gasteiger partial charge on any atom is 0.487 e. The minimum atomic E-state index is -4.33. The predicted octanol–water partition coefficient (Wildman–Crippen LogP) is 1.07. The van der Waals surface area contributed by atoms with Crippen LogP contribution in [0.2, 0.25) is 0 Å². The van der Waals surface area contributed by atoms with Gasteiger partial charge in [-0.15, -0.1) is 13.2 Å². The highest BCUT2D eigenvalue weighted by atomic mass is 19.4. The summed E-state index contributed by atoms with van der Waals surface area (Å²) in [5, 5.41) is 0. The summed E-state index contributed by atoms with van der Waals surface area (Å²) in [4.78, 5) is 0.0903. The molecule has 2 nitrogen and oxygen atoms in total. The summed E-state index contributed by atoms with van der Waals surface area (Å²) in [5.74, 6) is 0. The standard InChI is InChI=1S/C4H3F3NO/c5-4(6,7)8-1-2-9-3-8/h1H,3H2. The Hall–Kier alpha value is -0.870. The highest BCUT2D eigenvalue weighted by Gasteiger charge is 2.36. The van der Waals surface area contributed by atoms with Crippen molar-refractivity contribution in [2.45, 2.75) is 6.30 Å². The predicted molar refractivity (Wildman–Crippen MR) is 21.7 cm³/mol. The van der Waals surface area contributed by atoms with Crippen molar-refractivity contribution in [3.63, 3.8) is 0 Å². The number of alkyl halides is 3. The Morgan fingerprint density at radius 2 is 2.22 bits per heavy atom. The van der Waals surface area contributed by atoms with Gasteiger partial charge >= 0.3 is 6.30 Å². The van der Waals surface area contributed by atoms with Crippen LogP contribution in [0, 0.1) is 6.26 Å². The third kappa shape index (κ3) is 1.28. The molecule has 1 radical (unpaired) electrons. The first-order valence-corrected chi connectivity index (χ1v) is 2.15. The Morgan fingerprint density at radius 3 is 2.44 bits per heavy atom. The third-order valence-electron chi connectivity index (χ3n) is 0.821. The Labute approximate surface area is 49.5 Å². The SMILES string of the molecule is FC(F)(F)N1C=[C]OC1. The Balaban J connectivity index is 2.53. The van der Waals surface area contributed by atoms with Crippen LogP contribution >= 0.6 is 0 Å². The molecule has 9 heavy (non-hydrogen) atoms. The van der Waals surface area contributed by atoms with Crippen molar-refractivity contribution in [3.05, 3.63) is 12.5 Å². The average Bonchev–Trinajstić information content (AvgIpc) is 2.08. The highest BCUT2D eigenvalue weighted by Crippen LogP contribution is 2.22. The number of halogens is 3. The van der Waals surface area contributed by atoms with E-state index >= 15 is 0 Å². The van der Waals surface area contributed by atoms with E-state index in [0.29, 0.717) is 0 Å². The van der Waals surface area contributed by atoms with Gasteiger partial charge in [-0.3, -0.25) is 4.90 Å². The van der Waals surface area contributed by atoms with Crippen molar-refractivity contribution >= 4 is 0 Å². The number of rotatable bonds is 0. The second-order valence-corrected chi connectivity index (χ2v) is 1.46. The number of hydrogen-bond donors (Lipinski definition) is 0. The molecular weight excluding hydrogens is 135 g/mol. The molecule has 0 amide bonds. The average molecular weight is 138 g/mol. The second-order valence-electron chi connectivity index (χ2n) is 1.46. The van der Waals surface area contributed by atoms with Crippen molar-refractivity contribution in [1.82, 2.24) is 4.90 Å². The molecule has 0 aromatic heterocycles.